The summed E-state index contributed by atoms with van der Waals surface area (Å²) in [5.41, 5.74) is 9.24. The molecule has 4 nitrogen and oxygen atoms in total. The standard InChI is InChI=1S/C18H24N2O2/c1-11-7-13-9-15(22-14(13)8-12(11)2)17(21)20-6-5-16(19)18(3,4)10-20/h7-9,16H,5-6,10,19H2,1-4H3. The summed E-state index contributed by atoms with van der Waals surface area (Å²) in [4.78, 5) is 14.6. The maximum absolute atomic E-state index is 12.7. The monoisotopic (exact) mass is 300 g/mol. The molecule has 3 rings (SSSR count). The van der Waals surface area contributed by atoms with Crippen LogP contribution in [0.4, 0.5) is 0 Å². The molecule has 1 unspecified atom stereocenters. The van der Waals surface area contributed by atoms with Crippen molar-refractivity contribution in [1.82, 2.24) is 4.90 Å². The second-order valence-electron chi connectivity index (χ2n) is 7.20. The molecule has 0 spiro atoms. The van der Waals surface area contributed by atoms with Gasteiger partial charge in [-0.15, -0.1) is 0 Å². The van der Waals surface area contributed by atoms with Crippen molar-refractivity contribution in [3.63, 3.8) is 0 Å². The summed E-state index contributed by atoms with van der Waals surface area (Å²) in [6.07, 6.45) is 0.831. The van der Waals surface area contributed by atoms with Gasteiger partial charge >= 0.3 is 0 Å². The number of amides is 1. The number of nitrogens with zero attached hydrogens (tertiary/aromatic N) is 1. The fourth-order valence-electron chi connectivity index (χ4n) is 3.11. The van der Waals surface area contributed by atoms with E-state index in [4.69, 9.17) is 10.2 Å². The van der Waals surface area contributed by atoms with E-state index in [1.54, 1.807) is 0 Å². The highest BCUT2D eigenvalue weighted by atomic mass is 16.3. The molecular formula is C18H24N2O2. The SMILES string of the molecule is Cc1cc2cc(C(=O)N3CCC(N)C(C)(C)C3)oc2cc1C. The van der Waals surface area contributed by atoms with Gasteiger partial charge in [-0.25, -0.2) is 0 Å². The highest BCUT2D eigenvalue weighted by molar-refractivity contribution is 5.96. The van der Waals surface area contributed by atoms with E-state index < -0.39 is 0 Å². The molecule has 1 fully saturated rings. The molecule has 0 aliphatic carbocycles. The Morgan fingerprint density at radius 1 is 1.27 bits per heavy atom. The van der Waals surface area contributed by atoms with Crippen molar-refractivity contribution in [2.75, 3.05) is 13.1 Å². The van der Waals surface area contributed by atoms with Crippen LogP contribution in [0.2, 0.25) is 0 Å². The van der Waals surface area contributed by atoms with Gasteiger partial charge < -0.3 is 15.1 Å². The molecular weight excluding hydrogens is 276 g/mol. The van der Waals surface area contributed by atoms with Crippen molar-refractivity contribution in [2.24, 2.45) is 11.1 Å². The lowest BCUT2D eigenvalue weighted by atomic mass is 9.79. The summed E-state index contributed by atoms with van der Waals surface area (Å²) < 4.78 is 5.79. The van der Waals surface area contributed by atoms with Crippen molar-refractivity contribution in [3.8, 4) is 0 Å². The highest BCUT2D eigenvalue weighted by Crippen LogP contribution is 2.30. The molecule has 1 aromatic carbocycles. The summed E-state index contributed by atoms with van der Waals surface area (Å²) in [5, 5.41) is 0.986. The van der Waals surface area contributed by atoms with Crippen LogP contribution in [0.15, 0.2) is 22.6 Å². The Kier molecular flexibility index (Phi) is 3.52. The van der Waals surface area contributed by atoms with E-state index in [9.17, 15) is 4.79 Å². The molecule has 0 saturated carbocycles. The Hall–Kier alpha value is -1.81. The van der Waals surface area contributed by atoms with E-state index in [0.717, 1.165) is 17.4 Å². The number of hydrogen-bond acceptors (Lipinski definition) is 3. The minimum Gasteiger partial charge on any atom is -0.451 e. The number of piperidine rings is 1. The first-order valence-corrected chi connectivity index (χ1v) is 7.83. The largest absolute Gasteiger partial charge is 0.451 e. The Morgan fingerprint density at radius 3 is 2.64 bits per heavy atom. The number of carbonyl (C=O) groups excluding carboxylic acids is 1. The lowest BCUT2D eigenvalue weighted by Crippen LogP contribution is -2.53. The van der Waals surface area contributed by atoms with E-state index >= 15 is 0 Å². The summed E-state index contributed by atoms with van der Waals surface area (Å²) in [6, 6.07) is 6.06. The van der Waals surface area contributed by atoms with Gasteiger partial charge in [0.1, 0.15) is 5.58 Å². The van der Waals surface area contributed by atoms with Crippen LogP contribution in [-0.4, -0.2) is 29.9 Å². The van der Waals surface area contributed by atoms with Crippen LogP contribution in [0, 0.1) is 19.3 Å². The predicted molar refractivity (Wildman–Crippen MR) is 88.0 cm³/mol. The molecule has 1 aromatic heterocycles. The molecule has 2 heterocycles. The Balaban J connectivity index is 1.89. The molecule has 1 amide bonds. The zero-order valence-electron chi connectivity index (χ0n) is 13.8. The van der Waals surface area contributed by atoms with Gasteiger partial charge in [-0.05, 0) is 55.0 Å². The lowest BCUT2D eigenvalue weighted by molar-refractivity contribution is 0.0505. The molecule has 2 N–H and O–H groups in total. The van der Waals surface area contributed by atoms with E-state index in [1.165, 1.54) is 11.1 Å². The number of furan rings is 1. The molecule has 4 heteroatoms. The summed E-state index contributed by atoms with van der Waals surface area (Å²) in [7, 11) is 0. The molecule has 1 saturated heterocycles. The van der Waals surface area contributed by atoms with Crippen molar-refractivity contribution in [2.45, 2.75) is 40.2 Å². The average molecular weight is 300 g/mol. The first-order valence-electron chi connectivity index (χ1n) is 7.83. The van der Waals surface area contributed by atoms with Crippen LogP contribution in [0.1, 0.15) is 41.9 Å². The number of hydrogen-bond donors (Lipinski definition) is 1. The third-order valence-corrected chi connectivity index (χ3v) is 4.94. The van der Waals surface area contributed by atoms with Gasteiger partial charge in [-0.2, -0.15) is 0 Å². The molecule has 1 atom stereocenters. The van der Waals surface area contributed by atoms with Gasteiger partial charge in [-0.3, -0.25) is 4.79 Å². The molecule has 2 aromatic rings. The number of likely N-dealkylation sites (tertiary alicyclic amines) is 1. The van der Waals surface area contributed by atoms with Crippen LogP contribution in [-0.2, 0) is 0 Å². The number of benzene rings is 1. The first-order chi connectivity index (χ1) is 10.3. The molecule has 1 aliphatic rings. The lowest BCUT2D eigenvalue weighted by Gasteiger charge is -2.42. The van der Waals surface area contributed by atoms with Crippen LogP contribution in [0.3, 0.4) is 0 Å². The zero-order chi connectivity index (χ0) is 16.1. The second-order valence-corrected chi connectivity index (χ2v) is 7.20. The molecule has 22 heavy (non-hydrogen) atoms. The second kappa shape index (κ2) is 5.13. The molecule has 118 valence electrons. The van der Waals surface area contributed by atoms with E-state index in [1.807, 2.05) is 24.0 Å². The summed E-state index contributed by atoms with van der Waals surface area (Å²) >= 11 is 0. The molecule has 0 bridgehead atoms. The normalized spacial score (nSPS) is 21.3. The Morgan fingerprint density at radius 2 is 1.95 bits per heavy atom. The van der Waals surface area contributed by atoms with Crippen LogP contribution in [0.25, 0.3) is 11.0 Å². The highest BCUT2D eigenvalue weighted by Gasteiger charge is 2.36. The number of carbonyl (C=O) groups is 1. The van der Waals surface area contributed by atoms with Crippen molar-refractivity contribution >= 4 is 16.9 Å². The number of nitrogens with two attached hydrogens (primary N) is 1. The fourth-order valence-corrected chi connectivity index (χ4v) is 3.11. The average Bonchev–Trinajstić information content (AvgIpc) is 2.84. The van der Waals surface area contributed by atoms with Crippen LogP contribution >= 0.6 is 0 Å². The van der Waals surface area contributed by atoms with Gasteiger partial charge in [0, 0.05) is 24.5 Å². The quantitative estimate of drug-likeness (QED) is 0.879. The van der Waals surface area contributed by atoms with Gasteiger partial charge in [-0.1, -0.05) is 13.8 Å². The van der Waals surface area contributed by atoms with E-state index in [0.29, 0.717) is 18.8 Å². The predicted octanol–water partition coefficient (Wildman–Crippen LogP) is 3.25. The Labute approximate surface area is 131 Å². The van der Waals surface area contributed by atoms with Crippen molar-refractivity contribution in [1.29, 1.82) is 0 Å². The topological polar surface area (TPSA) is 59.5 Å². The number of fused-ring (bicyclic) bond motifs is 1. The van der Waals surface area contributed by atoms with Crippen LogP contribution in [0.5, 0.6) is 0 Å². The van der Waals surface area contributed by atoms with Gasteiger partial charge in [0.25, 0.3) is 5.91 Å². The third kappa shape index (κ3) is 2.52. The summed E-state index contributed by atoms with van der Waals surface area (Å²) in [5.74, 6) is 0.387. The summed E-state index contributed by atoms with van der Waals surface area (Å²) in [6.45, 7) is 9.71. The third-order valence-electron chi connectivity index (χ3n) is 4.94. The van der Waals surface area contributed by atoms with E-state index in [-0.39, 0.29) is 17.4 Å². The molecule has 0 radical (unpaired) electrons. The maximum Gasteiger partial charge on any atom is 0.289 e. The van der Waals surface area contributed by atoms with Crippen molar-refractivity contribution in [3.05, 3.63) is 35.1 Å². The van der Waals surface area contributed by atoms with E-state index in [2.05, 4.69) is 26.8 Å². The first kappa shape index (κ1) is 15.1. The smallest absolute Gasteiger partial charge is 0.289 e. The van der Waals surface area contributed by atoms with Gasteiger partial charge in [0.2, 0.25) is 0 Å². The Bertz CT molecular complexity index is 691. The maximum atomic E-state index is 12.7. The number of aryl methyl sites for hydroxylation is 2. The molecule has 1 aliphatic heterocycles. The van der Waals surface area contributed by atoms with Gasteiger partial charge in [0.15, 0.2) is 5.76 Å². The van der Waals surface area contributed by atoms with Crippen molar-refractivity contribution < 1.29 is 9.21 Å². The van der Waals surface area contributed by atoms with Crippen LogP contribution < -0.4 is 5.73 Å². The minimum absolute atomic E-state index is 0.0357. The fraction of sp³-hybridized carbons (Fsp3) is 0.500. The zero-order valence-corrected chi connectivity index (χ0v) is 13.8. The van der Waals surface area contributed by atoms with Gasteiger partial charge in [0.05, 0.1) is 0 Å². The number of rotatable bonds is 1. The minimum atomic E-state index is -0.0624.